The van der Waals surface area contributed by atoms with Crippen LogP contribution in [0.25, 0.3) is 0 Å². The highest BCUT2D eigenvalue weighted by atomic mass is 16.6. The zero-order chi connectivity index (χ0) is 25.5. The average molecular weight is 485 g/mol. The molecular formula is C27H28N6O3. The summed E-state index contributed by atoms with van der Waals surface area (Å²) in [5.41, 5.74) is 4.78. The summed E-state index contributed by atoms with van der Waals surface area (Å²) in [6.07, 6.45) is 1.93. The molecule has 0 unspecified atom stereocenters. The van der Waals surface area contributed by atoms with E-state index in [2.05, 4.69) is 58.8 Å². The molecule has 0 spiro atoms. The van der Waals surface area contributed by atoms with E-state index < -0.39 is 10.8 Å². The van der Waals surface area contributed by atoms with Gasteiger partial charge < -0.3 is 10.6 Å². The van der Waals surface area contributed by atoms with Crippen LogP contribution in [0.2, 0.25) is 0 Å². The van der Waals surface area contributed by atoms with Crippen molar-refractivity contribution in [2.45, 2.75) is 39.8 Å². The fourth-order valence-electron chi connectivity index (χ4n) is 3.64. The van der Waals surface area contributed by atoms with Crippen molar-refractivity contribution in [2.24, 2.45) is 0 Å². The van der Waals surface area contributed by atoms with Crippen molar-refractivity contribution in [3.8, 4) is 0 Å². The maximum Gasteiger partial charge on any atom is 0.281 e. The van der Waals surface area contributed by atoms with Crippen LogP contribution in [0.5, 0.6) is 0 Å². The van der Waals surface area contributed by atoms with Crippen molar-refractivity contribution in [1.82, 2.24) is 14.8 Å². The fourth-order valence-corrected chi connectivity index (χ4v) is 3.64. The maximum atomic E-state index is 13.2. The van der Waals surface area contributed by atoms with Gasteiger partial charge in [0.25, 0.3) is 11.6 Å². The van der Waals surface area contributed by atoms with E-state index in [1.807, 2.05) is 24.3 Å². The molecule has 0 fully saturated rings. The van der Waals surface area contributed by atoms with Gasteiger partial charge in [0.1, 0.15) is 0 Å². The molecule has 0 aliphatic rings. The first-order valence-electron chi connectivity index (χ1n) is 11.9. The van der Waals surface area contributed by atoms with Crippen LogP contribution < -0.4 is 10.6 Å². The van der Waals surface area contributed by atoms with Gasteiger partial charge in [-0.25, -0.2) is 0 Å². The van der Waals surface area contributed by atoms with Gasteiger partial charge in [-0.3, -0.25) is 14.9 Å². The van der Waals surface area contributed by atoms with E-state index in [1.165, 1.54) is 40.1 Å². The third kappa shape index (κ3) is 5.93. The molecule has 0 saturated heterocycles. The lowest BCUT2D eigenvalue weighted by atomic mass is 10.1. The molecule has 0 aliphatic heterocycles. The van der Waals surface area contributed by atoms with Crippen molar-refractivity contribution in [3.05, 3.63) is 111 Å². The van der Waals surface area contributed by atoms with Gasteiger partial charge >= 0.3 is 0 Å². The Balaban J connectivity index is 1.55. The number of hydrogen-bond acceptors (Lipinski definition) is 7. The molecule has 36 heavy (non-hydrogen) atoms. The summed E-state index contributed by atoms with van der Waals surface area (Å²) >= 11 is 0. The molecule has 2 N–H and O–H groups in total. The monoisotopic (exact) mass is 484 g/mol. The number of carbonyl (C=O) groups is 1. The summed E-state index contributed by atoms with van der Waals surface area (Å²) in [5, 5.41) is 21.7. The molecule has 0 aliphatic carbocycles. The highest BCUT2D eigenvalue weighted by molar-refractivity contribution is 5.97. The second-order valence-electron chi connectivity index (χ2n) is 8.33. The van der Waals surface area contributed by atoms with Gasteiger partial charge in [0.05, 0.1) is 4.92 Å². The van der Waals surface area contributed by atoms with Gasteiger partial charge in [0, 0.05) is 30.8 Å². The summed E-state index contributed by atoms with van der Waals surface area (Å²) in [6.45, 7) is 5.16. The number of nitrogens with zero attached hydrogens (tertiary/aromatic N) is 4. The Morgan fingerprint density at radius 2 is 1.31 bits per heavy atom. The summed E-state index contributed by atoms with van der Waals surface area (Å²) in [7, 11) is 0. The number of non-ortho nitro benzene ring substituents is 1. The number of nitro benzene ring substituents is 1. The van der Waals surface area contributed by atoms with Gasteiger partial charge in [-0.15, -0.1) is 5.10 Å². The summed E-state index contributed by atoms with van der Waals surface area (Å²) in [5.74, 6) is 0.136. The third-order valence-electron chi connectivity index (χ3n) is 5.89. The van der Waals surface area contributed by atoms with Gasteiger partial charge in [0.2, 0.25) is 11.9 Å². The van der Waals surface area contributed by atoms with Gasteiger partial charge in [0.15, 0.2) is 0 Å². The first kappa shape index (κ1) is 24.6. The molecule has 184 valence electrons. The van der Waals surface area contributed by atoms with Gasteiger partial charge in [-0.05, 0) is 47.2 Å². The SMILES string of the molecule is CCc1ccc(CNc2nc(NCc3ccc(CC)cc3)n(C(=O)c3ccc([N+](=O)[O-])cc3)n2)cc1. The number of anilines is 2. The van der Waals surface area contributed by atoms with Crippen LogP contribution in [-0.2, 0) is 25.9 Å². The topological polar surface area (TPSA) is 115 Å². The molecule has 1 heterocycles. The second-order valence-corrected chi connectivity index (χ2v) is 8.33. The molecule has 0 bridgehead atoms. The number of rotatable bonds is 10. The quantitative estimate of drug-likeness (QED) is 0.234. The van der Waals surface area contributed by atoms with E-state index in [-0.39, 0.29) is 17.2 Å². The molecular weight excluding hydrogens is 456 g/mol. The standard InChI is InChI=1S/C27H28N6O3/c1-3-19-5-9-21(10-6-19)17-28-26-30-27(29-18-22-11-7-20(4-2)8-12-22)32(31-26)25(34)23-13-15-24(16-14-23)33(35)36/h5-16H,3-4,17-18H2,1-2H3,(H2,28,29,30,31). The number of benzene rings is 3. The van der Waals surface area contributed by atoms with Crippen LogP contribution in [0.1, 0.15) is 46.5 Å². The molecule has 4 aromatic rings. The molecule has 9 heteroatoms. The lowest BCUT2D eigenvalue weighted by Gasteiger charge is -2.08. The average Bonchev–Trinajstić information content (AvgIpc) is 3.34. The van der Waals surface area contributed by atoms with Crippen LogP contribution in [0, 0.1) is 10.1 Å². The van der Waals surface area contributed by atoms with E-state index >= 15 is 0 Å². The summed E-state index contributed by atoms with van der Waals surface area (Å²) < 4.78 is 1.18. The Kier molecular flexibility index (Phi) is 7.69. The highest BCUT2D eigenvalue weighted by Gasteiger charge is 2.19. The van der Waals surface area contributed by atoms with Crippen LogP contribution in [0.4, 0.5) is 17.6 Å². The molecule has 4 rings (SSSR count). The largest absolute Gasteiger partial charge is 0.350 e. The molecule has 0 saturated carbocycles. The van der Waals surface area contributed by atoms with Crippen molar-refractivity contribution < 1.29 is 9.72 Å². The zero-order valence-corrected chi connectivity index (χ0v) is 20.3. The molecule has 0 amide bonds. The Bertz CT molecular complexity index is 1330. The lowest BCUT2D eigenvalue weighted by molar-refractivity contribution is -0.384. The number of carbonyl (C=O) groups excluding carboxylic acids is 1. The molecule has 3 aromatic carbocycles. The van der Waals surface area contributed by atoms with Crippen molar-refractivity contribution >= 4 is 23.5 Å². The van der Waals surface area contributed by atoms with Crippen LogP contribution >= 0.6 is 0 Å². The molecule has 9 nitrogen and oxygen atoms in total. The van der Waals surface area contributed by atoms with E-state index in [0.717, 1.165) is 24.0 Å². The smallest absolute Gasteiger partial charge is 0.281 e. The highest BCUT2D eigenvalue weighted by Crippen LogP contribution is 2.18. The summed E-state index contributed by atoms with van der Waals surface area (Å²) in [6, 6.07) is 21.9. The number of nitrogens with one attached hydrogen (secondary N) is 2. The number of aryl methyl sites for hydroxylation is 2. The third-order valence-corrected chi connectivity index (χ3v) is 5.89. The lowest BCUT2D eigenvalue weighted by Crippen LogP contribution is -2.17. The van der Waals surface area contributed by atoms with Crippen molar-refractivity contribution in [1.29, 1.82) is 0 Å². The number of nitro groups is 1. The predicted octanol–water partition coefficient (Wildman–Crippen LogP) is 5.22. The molecule has 1 aromatic heterocycles. The maximum absolute atomic E-state index is 13.2. The Morgan fingerprint density at radius 1 is 0.806 bits per heavy atom. The fraction of sp³-hybridized carbons (Fsp3) is 0.222. The van der Waals surface area contributed by atoms with Crippen LogP contribution in [0.15, 0.2) is 72.8 Å². The Labute approximate surface area is 209 Å². The Morgan fingerprint density at radius 3 is 1.81 bits per heavy atom. The summed E-state index contributed by atoms with van der Waals surface area (Å²) in [4.78, 5) is 28.2. The Hall–Kier alpha value is -4.53. The van der Waals surface area contributed by atoms with E-state index in [0.29, 0.717) is 19.0 Å². The predicted molar refractivity (Wildman–Crippen MR) is 139 cm³/mol. The second kappa shape index (κ2) is 11.3. The van der Waals surface area contributed by atoms with E-state index in [9.17, 15) is 14.9 Å². The normalized spacial score (nSPS) is 10.7. The van der Waals surface area contributed by atoms with Crippen LogP contribution in [0.3, 0.4) is 0 Å². The van der Waals surface area contributed by atoms with Gasteiger partial charge in [-0.2, -0.15) is 9.67 Å². The van der Waals surface area contributed by atoms with E-state index in [4.69, 9.17) is 0 Å². The van der Waals surface area contributed by atoms with Crippen molar-refractivity contribution in [3.63, 3.8) is 0 Å². The first-order valence-corrected chi connectivity index (χ1v) is 11.9. The molecule has 0 atom stereocenters. The molecule has 0 radical (unpaired) electrons. The minimum atomic E-state index is -0.504. The first-order chi connectivity index (χ1) is 17.5. The number of aromatic nitrogens is 3. The van der Waals surface area contributed by atoms with Gasteiger partial charge in [-0.1, -0.05) is 62.4 Å². The minimum Gasteiger partial charge on any atom is -0.350 e. The zero-order valence-electron chi connectivity index (χ0n) is 20.3. The van der Waals surface area contributed by atoms with Crippen molar-refractivity contribution in [2.75, 3.05) is 10.6 Å². The van der Waals surface area contributed by atoms with E-state index in [1.54, 1.807) is 0 Å². The minimum absolute atomic E-state index is 0.0875. The number of hydrogen-bond donors (Lipinski definition) is 2. The van der Waals surface area contributed by atoms with Crippen LogP contribution in [-0.4, -0.2) is 25.6 Å².